The van der Waals surface area contributed by atoms with Crippen molar-refractivity contribution in [3.8, 4) is 5.75 Å². The van der Waals surface area contributed by atoms with Gasteiger partial charge >= 0.3 is 0 Å². The number of ether oxygens (including phenoxy) is 3. The van der Waals surface area contributed by atoms with Gasteiger partial charge in [0.1, 0.15) is 41.6 Å². The van der Waals surface area contributed by atoms with Gasteiger partial charge in [0.25, 0.3) is 0 Å². The minimum atomic E-state index is -0.305. The molecule has 8 nitrogen and oxygen atoms in total. The molecule has 2 aromatic heterocycles. The fourth-order valence-electron chi connectivity index (χ4n) is 5.53. The van der Waals surface area contributed by atoms with E-state index in [0.29, 0.717) is 19.0 Å². The monoisotopic (exact) mass is 467 g/mol. The number of methoxy groups -OCH3 is 1. The van der Waals surface area contributed by atoms with Crippen LogP contribution >= 0.6 is 0 Å². The predicted octanol–water partition coefficient (Wildman–Crippen LogP) is 3.76. The summed E-state index contributed by atoms with van der Waals surface area (Å²) in [5.41, 5.74) is 2.46. The molecule has 1 saturated carbocycles. The van der Waals surface area contributed by atoms with Crippen molar-refractivity contribution in [1.82, 2.24) is 19.9 Å². The Morgan fingerprint density at radius 1 is 1.26 bits per heavy atom. The zero-order valence-electron chi connectivity index (χ0n) is 19.5. The Labute approximate surface area is 197 Å². The highest BCUT2D eigenvalue weighted by Crippen LogP contribution is 2.45. The molecule has 34 heavy (non-hydrogen) atoms. The van der Waals surface area contributed by atoms with Gasteiger partial charge in [0, 0.05) is 37.5 Å². The number of hydrogen-bond donors (Lipinski definition) is 2. The second-order valence-electron chi connectivity index (χ2n) is 9.58. The first-order valence-electron chi connectivity index (χ1n) is 12.0. The van der Waals surface area contributed by atoms with Crippen LogP contribution in [0.5, 0.6) is 5.75 Å². The summed E-state index contributed by atoms with van der Waals surface area (Å²) in [6.07, 6.45) is 4.84. The Morgan fingerprint density at radius 2 is 2.15 bits per heavy atom. The number of halogens is 1. The number of nitrogens with zero attached hydrogens (tertiary/aromatic N) is 3. The number of hydrogen-bond acceptors (Lipinski definition) is 7. The molecule has 2 N–H and O–H groups in total. The number of anilines is 1. The van der Waals surface area contributed by atoms with E-state index in [1.54, 1.807) is 13.4 Å². The van der Waals surface area contributed by atoms with Gasteiger partial charge < -0.3 is 24.5 Å². The molecule has 2 fully saturated rings. The summed E-state index contributed by atoms with van der Waals surface area (Å²) in [5, 5.41) is 4.61. The number of morpholine rings is 1. The largest absolute Gasteiger partial charge is 0.491 e. The molecule has 3 aliphatic rings. The molecule has 4 heterocycles. The Balaban J connectivity index is 1.38. The number of nitrogens with one attached hydrogen (secondary N) is 2. The molecule has 1 aliphatic carbocycles. The van der Waals surface area contributed by atoms with Crippen LogP contribution in [0.3, 0.4) is 0 Å². The lowest BCUT2D eigenvalue weighted by atomic mass is 9.77. The lowest BCUT2D eigenvalue weighted by Gasteiger charge is -2.43. The minimum Gasteiger partial charge on any atom is -0.491 e. The molecule has 3 aromatic rings. The number of fused-ring (bicyclic) bond motifs is 2. The van der Waals surface area contributed by atoms with Crippen LogP contribution in [-0.4, -0.2) is 65.4 Å². The third-order valence-corrected chi connectivity index (χ3v) is 7.61. The maximum Gasteiger partial charge on any atom is 0.143 e. The van der Waals surface area contributed by atoms with Crippen molar-refractivity contribution >= 4 is 16.9 Å². The average Bonchev–Trinajstić information content (AvgIpc) is 3.24. The third-order valence-electron chi connectivity index (χ3n) is 7.61. The van der Waals surface area contributed by atoms with E-state index in [1.807, 2.05) is 6.07 Å². The highest BCUT2D eigenvalue weighted by molar-refractivity contribution is 5.88. The Bertz CT molecular complexity index is 1190. The van der Waals surface area contributed by atoms with E-state index in [2.05, 4.69) is 38.2 Å². The highest BCUT2D eigenvalue weighted by Gasteiger charge is 2.41. The molecule has 9 heteroatoms. The molecule has 3 atom stereocenters. The van der Waals surface area contributed by atoms with Crippen LogP contribution in [0, 0.1) is 5.82 Å². The highest BCUT2D eigenvalue weighted by atomic mass is 19.1. The zero-order chi connectivity index (χ0) is 23.3. The second kappa shape index (κ2) is 8.48. The predicted molar refractivity (Wildman–Crippen MR) is 125 cm³/mol. The fraction of sp³-hybridized carbons (Fsp3) is 0.520. The number of H-pyrrole nitrogens is 1. The zero-order valence-corrected chi connectivity index (χ0v) is 19.5. The van der Waals surface area contributed by atoms with Gasteiger partial charge in [-0.15, -0.1) is 0 Å². The summed E-state index contributed by atoms with van der Waals surface area (Å²) in [6, 6.07) is 6.79. The van der Waals surface area contributed by atoms with Crippen molar-refractivity contribution in [2.45, 2.75) is 50.0 Å². The molecule has 0 amide bonds. The average molecular weight is 468 g/mol. The van der Waals surface area contributed by atoms with Gasteiger partial charge in [0.2, 0.25) is 0 Å². The Morgan fingerprint density at radius 3 is 2.91 bits per heavy atom. The first kappa shape index (κ1) is 21.8. The molecule has 0 radical (unpaired) electrons. The fourth-order valence-corrected chi connectivity index (χ4v) is 5.53. The van der Waals surface area contributed by atoms with Gasteiger partial charge in [0.15, 0.2) is 0 Å². The molecule has 1 aromatic carbocycles. The first-order chi connectivity index (χ1) is 16.6. The van der Waals surface area contributed by atoms with E-state index in [4.69, 9.17) is 14.2 Å². The number of rotatable bonds is 5. The minimum absolute atomic E-state index is 0.0460. The number of aromatic amines is 1. The summed E-state index contributed by atoms with van der Waals surface area (Å²) in [5.74, 6) is 1.01. The Kier molecular flexibility index (Phi) is 5.43. The van der Waals surface area contributed by atoms with E-state index >= 15 is 0 Å². The van der Waals surface area contributed by atoms with Gasteiger partial charge in [-0.3, -0.25) is 4.90 Å². The van der Waals surface area contributed by atoms with Crippen LogP contribution in [0.25, 0.3) is 11.0 Å². The van der Waals surface area contributed by atoms with Gasteiger partial charge in [-0.2, -0.15) is 0 Å². The van der Waals surface area contributed by atoms with Crippen molar-refractivity contribution in [1.29, 1.82) is 0 Å². The molecular weight excluding hydrogens is 437 g/mol. The maximum atomic E-state index is 14.0. The third kappa shape index (κ3) is 3.62. The van der Waals surface area contributed by atoms with Gasteiger partial charge in [-0.05, 0) is 38.3 Å². The van der Waals surface area contributed by atoms with Crippen LogP contribution in [0.2, 0.25) is 0 Å². The summed E-state index contributed by atoms with van der Waals surface area (Å²) < 4.78 is 31.7. The Hall–Kier alpha value is -2.75. The van der Waals surface area contributed by atoms with E-state index in [9.17, 15) is 4.39 Å². The van der Waals surface area contributed by atoms with Gasteiger partial charge in [-0.1, -0.05) is 6.07 Å². The normalized spacial score (nSPS) is 26.5. The van der Waals surface area contributed by atoms with E-state index in [-0.39, 0.29) is 29.6 Å². The molecule has 1 saturated heterocycles. The van der Waals surface area contributed by atoms with Crippen molar-refractivity contribution in [2.24, 2.45) is 0 Å². The van der Waals surface area contributed by atoms with Crippen molar-refractivity contribution in [3.63, 3.8) is 0 Å². The lowest BCUT2D eigenvalue weighted by Crippen LogP contribution is -2.54. The van der Waals surface area contributed by atoms with Crippen LogP contribution in [0.4, 0.5) is 10.2 Å². The summed E-state index contributed by atoms with van der Waals surface area (Å²) in [6.45, 7) is 4.85. The molecule has 0 bridgehead atoms. The van der Waals surface area contributed by atoms with Crippen molar-refractivity contribution < 1.29 is 18.6 Å². The van der Waals surface area contributed by atoms with Crippen molar-refractivity contribution in [2.75, 3.05) is 38.7 Å². The van der Waals surface area contributed by atoms with Crippen molar-refractivity contribution in [3.05, 3.63) is 47.7 Å². The number of benzene rings is 1. The van der Waals surface area contributed by atoms with E-state index in [1.165, 1.54) is 12.1 Å². The van der Waals surface area contributed by atoms with Crippen LogP contribution < -0.4 is 10.1 Å². The standard InChI is InChI=1S/C25H30FN5O3/c1-15-12-31(8-9-33-15)19-13-34-20-10-16(26)4-5-17(20)22(19)30-24-18-11-21(25(32-2)6-3-7-25)29-23(18)27-14-28-24/h4-5,10-11,14-15,19,22H,3,6-9,12-13H2,1-2H3,(H2,27,28,29,30). The molecule has 180 valence electrons. The second-order valence-corrected chi connectivity index (χ2v) is 9.58. The topological polar surface area (TPSA) is 84.5 Å². The van der Waals surface area contributed by atoms with Crippen LogP contribution in [0.1, 0.15) is 43.5 Å². The van der Waals surface area contributed by atoms with Crippen LogP contribution in [0.15, 0.2) is 30.6 Å². The first-order valence-corrected chi connectivity index (χ1v) is 12.0. The summed E-state index contributed by atoms with van der Waals surface area (Å²) in [7, 11) is 1.77. The molecule has 6 rings (SSSR count). The van der Waals surface area contributed by atoms with E-state index < -0.39 is 0 Å². The molecule has 0 spiro atoms. The van der Waals surface area contributed by atoms with Gasteiger partial charge in [-0.25, -0.2) is 14.4 Å². The molecular formula is C25H30FN5O3. The van der Waals surface area contributed by atoms with E-state index in [0.717, 1.165) is 60.5 Å². The molecule has 2 aliphatic heterocycles. The maximum absolute atomic E-state index is 14.0. The number of aromatic nitrogens is 3. The summed E-state index contributed by atoms with van der Waals surface area (Å²) >= 11 is 0. The SMILES string of the molecule is COC1(c2cc3c(NC4c5ccc(F)cc5OCC4N4CCOC(C)C4)ncnc3[nH]2)CCC1. The van der Waals surface area contributed by atoms with Gasteiger partial charge in [0.05, 0.1) is 30.2 Å². The van der Waals surface area contributed by atoms with Crippen LogP contribution in [-0.2, 0) is 15.1 Å². The quantitative estimate of drug-likeness (QED) is 0.591. The smallest absolute Gasteiger partial charge is 0.143 e. The molecule has 3 unspecified atom stereocenters. The lowest BCUT2D eigenvalue weighted by molar-refractivity contribution is -0.0806. The summed E-state index contributed by atoms with van der Waals surface area (Å²) in [4.78, 5) is 14.9.